The number of phenols is 1. The fraction of sp³-hybridized carbons (Fsp3) is 0.368. The molecule has 0 amide bonds. The molecule has 1 fully saturated rings. The fourth-order valence-corrected chi connectivity index (χ4v) is 3.49. The van der Waals surface area contributed by atoms with Crippen LogP contribution in [0.15, 0.2) is 42.5 Å². The summed E-state index contributed by atoms with van der Waals surface area (Å²) >= 11 is 0. The number of rotatable bonds is 4. The van der Waals surface area contributed by atoms with Gasteiger partial charge < -0.3 is 10.0 Å². The minimum atomic E-state index is -1.21. The number of nitro benzene ring substituents is 3. The molecule has 160 valence electrons. The first-order valence-electron chi connectivity index (χ1n) is 9.20. The van der Waals surface area contributed by atoms with Crippen LogP contribution >= 0.6 is 0 Å². The third kappa shape index (κ3) is 5.63. The van der Waals surface area contributed by atoms with Gasteiger partial charge in [-0.15, -0.1) is 0 Å². The van der Waals surface area contributed by atoms with Gasteiger partial charge in [-0.3, -0.25) is 30.3 Å². The van der Waals surface area contributed by atoms with Crippen molar-refractivity contribution in [1.82, 2.24) is 0 Å². The molecule has 0 saturated carbocycles. The average Bonchev–Trinajstić information content (AvgIpc) is 2.68. The molecule has 0 bridgehead atoms. The zero-order valence-corrected chi connectivity index (χ0v) is 16.5. The second-order valence-corrected chi connectivity index (χ2v) is 7.29. The van der Waals surface area contributed by atoms with E-state index in [0.29, 0.717) is 12.1 Å². The largest absolute Gasteiger partial charge is 0.497 e. The minimum absolute atomic E-state index is 0.447. The van der Waals surface area contributed by atoms with Crippen molar-refractivity contribution in [2.45, 2.75) is 20.3 Å². The average molecular weight is 418 g/mol. The van der Waals surface area contributed by atoms with Crippen LogP contribution in [-0.4, -0.2) is 33.0 Å². The number of hydrogen-bond donors (Lipinski definition) is 1. The quantitative estimate of drug-likeness (QED) is 0.570. The summed E-state index contributed by atoms with van der Waals surface area (Å²) in [5, 5.41) is 40.2. The molecule has 1 heterocycles. The van der Waals surface area contributed by atoms with Gasteiger partial charge >= 0.3 is 11.4 Å². The van der Waals surface area contributed by atoms with E-state index in [9.17, 15) is 30.3 Å². The van der Waals surface area contributed by atoms with Gasteiger partial charge in [-0.25, -0.2) is 0 Å². The molecule has 2 atom stereocenters. The van der Waals surface area contributed by atoms with Crippen molar-refractivity contribution in [3.05, 3.63) is 72.8 Å². The molecule has 30 heavy (non-hydrogen) atoms. The van der Waals surface area contributed by atoms with E-state index in [1.165, 1.54) is 25.2 Å². The van der Waals surface area contributed by atoms with Gasteiger partial charge in [-0.1, -0.05) is 32.0 Å². The number of anilines is 1. The highest BCUT2D eigenvalue weighted by atomic mass is 16.6. The summed E-state index contributed by atoms with van der Waals surface area (Å²) in [5.41, 5.74) is -1.62. The van der Waals surface area contributed by atoms with Gasteiger partial charge in [0.1, 0.15) is 0 Å². The molecular formula is C19H22N4O7. The van der Waals surface area contributed by atoms with E-state index in [-0.39, 0.29) is 0 Å². The number of nitro groups is 3. The number of phenolic OH excluding ortho intramolecular Hbond substituents is 1. The van der Waals surface area contributed by atoms with Crippen molar-refractivity contribution in [3.8, 4) is 5.75 Å². The van der Waals surface area contributed by atoms with Crippen molar-refractivity contribution >= 4 is 22.7 Å². The van der Waals surface area contributed by atoms with Crippen molar-refractivity contribution in [1.29, 1.82) is 0 Å². The van der Waals surface area contributed by atoms with E-state index in [1.54, 1.807) is 0 Å². The van der Waals surface area contributed by atoms with Gasteiger partial charge in [0.2, 0.25) is 0 Å². The molecule has 3 rings (SSSR count). The van der Waals surface area contributed by atoms with Crippen LogP contribution in [0.5, 0.6) is 5.75 Å². The summed E-state index contributed by atoms with van der Waals surface area (Å²) < 4.78 is 0. The van der Waals surface area contributed by atoms with E-state index in [0.717, 1.165) is 11.8 Å². The van der Waals surface area contributed by atoms with Crippen LogP contribution in [0.25, 0.3) is 0 Å². The first kappa shape index (κ1) is 22.5. The topological polar surface area (TPSA) is 153 Å². The minimum Gasteiger partial charge on any atom is -0.497 e. The van der Waals surface area contributed by atoms with Gasteiger partial charge in [-0.05, 0) is 30.4 Å². The van der Waals surface area contributed by atoms with Gasteiger partial charge in [0, 0.05) is 18.8 Å². The van der Waals surface area contributed by atoms with E-state index < -0.39 is 37.6 Å². The zero-order chi connectivity index (χ0) is 22.4. The van der Waals surface area contributed by atoms with Crippen LogP contribution in [-0.2, 0) is 0 Å². The Balaban J connectivity index is 0.000000215. The maximum absolute atomic E-state index is 10.4. The predicted molar refractivity (Wildman–Crippen MR) is 110 cm³/mol. The van der Waals surface area contributed by atoms with Gasteiger partial charge in [-0.2, -0.15) is 0 Å². The summed E-state index contributed by atoms with van der Waals surface area (Å²) in [4.78, 5) is 30.3. The van der Waals surface area contributed by atoms with Crippen molar-refractivity contribution in [2.24, 2.45) is 11.8 Å². The number of aromatic hydroxyl groups is 1. The molecule has 2 aromatic carbocycles. The first-order chi connectivity index (χ1) is 14.1. The van der Waals surface area contributed by atoms with Crippen LogP contribution in [0, 0.1) is 42.2 Å². The summed E-state index contributed by atoms with van der Waals surface area (Å²) in [6.07, 6.45) is 1.38. The predicted octanol–water partition coefficient (Wildman–Crippen LogP) is 4.29. The zero-order valence-electron chi connectivity index (χ0n) is 16.5. The summed E-state index contributed by atoms with van der Waals surface area (Å²) in [7, 11) is 0. The standard InChI is InChI=1S/C13H19N.C6H3N3O7/c1-11-8-12(2)10-14(9-11)13-6-4-3-5-7-13;10-6-4(8(13)14)1-3(7(11)12)2-5(6)9(15)16/h3-7,11-12H,8-10H2,1-2H3;1-2,10H. The highest BCUT2D eigenvalue weighted by molar-refractivity contribution is 5.64. The Morgan fingerprint density at radius 1 is 0.867 bits per heavy atom. The third-order valence-electron chi connectivity index (χ3n) is 4.65. The Labute approximate surface area is 172 Å². The van der Waals surface area contributed by atoms with Gasteiger partial charge in [0.25, 0.3) is 11.4 Å². The maximum Gasteiger partial charge on any atom is 0.324 e. The number of para-hydroxylation sites is 1. The van der Waals surface area contributed by atoms with E-state index >= 15 is 0 Å². The molecule has 1 aliphatic heterocycles. The fourth-order valence-electron chi connectivity index (χ4n) is 3.49. The monoisotopic (exact) mass is 418 g/mol. The smallest absolute Gasteiger partial charge is 0.324 e. The van der Waals surface area contributed by atoms with Crippen LogP contribution < -0.4 is 4.90 Å². The lowest BCUT2D eigenvalue weighted by molar-refractivity contribution is -0.404. The van der Waals surface area contributed by atoms with E-state index in [1.807, 2.05) is 0 Å². The Morgan fingerprint density at radius 2 is 1.33 bits per heavy atom. The highest BCUT2D eigenvalue weighted by Gasteiger charge is 2.30. The first-order valence-corrected chi connectivity index (χ1v) is 9.20. The number of non-ortho nitro benzene ring substituents is 1. The summed E-state index contributed by atoms with van der Waals surface area (Å²) in [6, 6.07) is 11.7. The van der Waals surface area contributed by atoms with E-state index in [2.05, 4.69) is 49.1 Å². The molecule has 0 aromatic heterocycles. The molecule has 1 aliphatic rings. The maximum atomic E-state index is 10.4. The Hall–Kier alpha value is -3.76. The number of piperidine rings is 1. The van der Waals surface area contributed by atoms with Crippen molar-refractivity contribution in [3.63, 3.8) is 0 Å². The molecular weight excluding hydrogens is 396 g/mol. The lowest BCUT2D eigenvalue weighted by Gasteiger charge is -2.36. The van der Waals surface area contributed by atoms with E-state index in [4.69, 9.17) is 5.11 Å². The van der Waals surface area contributed by atoms with Crippen molar-refractivity contribution in [2.75, 3.05) is 18.0 Å². The van der Waals surface area contributed by atoms with Gasteiger partial charge in [0.15, 0.2) is 0 Å². The molecule has 2 unspecified atom stereocenters. The lowest BCUT2D eigenvalue weighted by Crippen LogP contribution is -2.38. The molecule has 0 radical (unpaired) electrons. The van der Waals surface area contributed by atoms with Crippen LogP contribution in [0.2, 0.25) is 0 Å². The molecule has 0 aliphatic carbocycles. The molecule has 2 aromatic rings. The number of nitrogens with zero attached hydrogens (tertiary/aromatic N) is 4. The van der Waals surface area contributed by atoms with Crippen LogP contribution in [0.1, 0.15) is 20.3 Å². The second kappa shape index (κ2) is 9.63. The Kier molecular flexibility index (Phi) is 7.23. The third-order valence-corrected chi connectivity index (χ3v) is 4.65. The second-order valence-electron chi connectivity index (χ2n) is 7.29. The lowest BCUT2D eigenvalue weighted by atomic mass is 9.91. The molecule has 11 heteroatoms. The highest BCUT2D eigenvalue weighted by Crippen LogP contribution is 2.39. The molecule has 0 spiro atoms. The molecule has 11 nitrogen and oxygen atoms in total. The summed E-state index contributed by atoms with van der Waals surface area (Å²) in [6.45, 7) is 7.14. The number of hydrogen-bond acceptors (Lipinski definition) is 8. The van der Waals surface area contributed by atoms with Crippen molar-refractivity contribution < 1.29 is 19.9 Å². The normalized spacial score (nSPS) is 18.1. The molecule has 1 N–H and O–H groups in total. The Morgan fingerprint density at radius 3 is 1.73 bits per heavy atom. The van der Waals surface area contributed by atoms with Crippen LogP contribution in [0.3, 0.4) is 0 Å². The summed E-state index contributed by atoms with van der Waals surface area (Å²) in [5.74, 6) is 0.457. The Bertz CT molecular complexity index is 891. The SMILES string of the molecule is CC1CC(C)CN(c2ccccc2)C1.O=[N+]([O-])c1cc([N+](=O)[O-])c(O)c([N+](=O)[O-])c1. The molecule has 1 saturated heterocycles. The van der Waals surface area contributed by atoms with Crippen LogP contribution in [0.4, 0.5) is 22.7 Å². The van der Waals surface area contributed by atoms with Gasteiger partial charge in [0.05, 0.1) is 26.9 Å². The number of benzene rings is 2.